The SMILES string of the molecule is O=C(O)c1ccc(Br)cc1N(c1cccc2nccnc12)S(=O)[O-]. The molecule has 1 atom stereocenters. The molecule has 9 heteroatoms. The van der Waals surface area contributed by atoms with Gasteiger partial charge in [-0.15, -0.1) is 0 Å². The van der Waals surface area contributed by atoms with Crippen LogP contribution in [0.25, 0.3) is 11.0 Å². The number of aromatic carboxylic acids is 1. The molecule has 0 aliphatic heterocycles. The second kappa shape index (κ2) is 6.63. The molecule has 7 nitrogen and oxygen atoms in total. The standard InChI is InChI=1S/C15H10BrN3O4S/c16-9-4-5-10(15(20)21)13(8-9)19(24(22)23)12-3-1-2-11-14(12)18-7-6-17-11/h1-8H,(H,20,21)(H,22,23)/p-1. The second-order valence-electron chi connectivity index (χ2n) is 4.68. The smallest absolute Gasteiger partial charge is 0.337 e. The summed E-state index contributed by atoms with van der Waals surface area (Å²) in [6.07, 6.45) is 2.93. The predicted octanol–water partition coefficient (Wildman–Crippen LogP) is 3.02. The lowest BCUT2D eigenvalue weighted by Crippen LogP contribution is -2.22. The summed E-state index contributed by atoms with van der Waals surface area (Å²) < 4.78 is 25.2. The molecule has 1 aromatic heterocycles. The van der Waals surface area contributed by atoms with Gasteiger partial charge in [-0.05, 0) is 30.3 Å². The zero-order valence-corrected chi connectivity index (χ0v) is 14.3. The molecule has 3 aromatic rings. The van der Waals surface area contributed by atoms with Gasteiger partial charge in [0.05, 0.1) is 33.7 Å². The van der Waals surface area contributed by atoms with Gasteiger partial charge in [0.15, 0.2) is 0 Å². The summed E-state index contributed by atoms with van der Waals surface area (Å²) in [4.78, 5) is 19.8. The highest BCUT2D eigenvalue weighted by Crippen LogP contribution is 2.35. The van der Waals surface area contributed by atoms with Crippen LogP contribution in [-0.2, 0) is 11.3 Å². The van der Waals surface area contributed by atoms with Crippen molar-refractivity contribution in [1.82, 2.24) is 9.97 Å². The molecule has 0 spiro atoms. The quantitative estimate of drug-likeness (QED) is 0.667. The lowest BCUT2D eigenvalue weighted by Gasteiger charge is -2.28. The van der Waals surface area contributed by atoms with E-state index in [4.69, 9.17) is 0 Å². The van der Waals surface area contributed by atoms with Crippen LogP contribution in [0.5, 0.6) is 0 Å². The number of nitrogens with zero attached hydrogens (tertiary/aromatic N) is 3. The summed E-state index contributed by atoms with van der Waals surface area (Å²) in [6, 6.07) is 9.15. The fourth-order valence-corrected chi connectivity index (χ4v) is 3.25. The zero-order valence-electron chi connectivity index (χ0n) is 11.9. The Morgan fingerprint density at radius 3 is 2.62 bits per heavy atom. The molecular weight excluding hydrogens is 398 g/mol. The van der Waals surface area contributed by atoms with Gasteiger partial charge in [0.25, 0.3) is 0 Å². The molecule has 0 bridgehead atoms. The highest BCUT2D eigenvalue weighted by molar-refractivity contribution is 9.10. The van der Waals surface area contributed by atoms with Crippen LogP contribution in [0.15, 0.2) is 53.3 Å². The number of carboxylic acids is 1. The Bertz CT molecular complexity index is 961. The number of hydrogen-bond acceptors (Lipinski definition) is 5. The van der Waals surface area contributed by atoms with E-state index in [1.165, 1.54) is 30.6 Å². The first kappa shape index (κ1) is 16.5. The summed E-state index contributed by atoms with van der Waals surface area (Å²) in [5.41, 5.74) is 0.916. The van der Waals surface area contributed by atoms with Gasteiger partial charge in [-0.3, -0.25) is 18.5 Å². The lowest BCUT2D eigenvalue weighted by atomic mass is 10.1. The number of fused-ring (bicyclic) bond motifs is 1. The molecule has 0 saturated carbocycles. The zero-order chi connectivity index (χ0) is 17.3. The fraction of sp³-hybridized carbons (Fsp3) is 0. The minimum absolute atomic E-state index is 0.00311. The van der Waals surface area contributed by atoms with Crippen LogP contribution in [0.2, 0.25) is 0 Å². The Balaban J connectivity index is 2.31. The Hall–Kier alpha value is -2.36. The highest BCUT2D eigenvalue weighted by Gasteiger charge is 2.21. The molecular formula is C15H9BrN3O4S-. The molecule has 1 heterocycles. The average molecular weight is 407 g/mol. The van der Waals surface area contributed by atoms with Crippen LogP contribution in [0.1, 0.15) is 10.4 Å². The third kappa shape index (κ3) is 3.01. The van der Waals surface area contributed by atoms with Crippen molar-refractivity contribution >= 4 is 55.6 Å². The Morgan fingerprint density at radius 1 is 1.17 bits per heavy atom. The maximum atomic E-state index is 11.9. The predicted molar refractivity (Wildman–Crippen MR) is 91.7 cm³/mol. The molecule has 2 aromatic carbocycles. The number of aromatic nitrogens is 2. The maximum absolute atomic E-state index is 11.9. The van der Waals surface area contributed by atoms with Gasteiger partial charge < -0.3 is 9.66 Å². The van der Waals surface area contributed by atoms with Crippen molar-refractivity contribution in [3.05, 3.63) is 58.8 Å². The summed E-state index contributed by atoms with van der Waals surface area (Å²) in [5.74, 6) is -1.24. The summed E-state index contributed by atoms with van der Waals surface area (Å²) in [7, 11) is 0. The maximum Gasteiger partial charge on any atom is 0.337 e. The molecule has 122 valence electrons. The van der Waals surface area contributed by atoms with E-state index in [0.717, 1.165) is 4.31 Å². The van der Waals surface area contributed by atoms with E-state index in [-0.39, 0.29) is 16.9 Å². The monoisotopic (exact) mass is 406 g/mol. The fourth-order valence-electron chi connectivity index (χ4n) is 2.29. The van der Waals surface area contributed by atoms with Gasteiger partial charge in [-0.2, -0.15) is 0 Å². The second-order valence-corrected chi connectivity index (χ2v) is 6.39. The average Bonchev–Trinajstić information content (AvgIpc) is 2.55. The molecule has 24 heavy (non-hydrogen) atoms. The minimum atomic E-state index is -2.77. The summed E-state index contributed by atoms with van der Waals surface area (Å²) in [5, 5.41) is 9.38. The van der Waals surface area contributed by atoms with E-state index in [1.807, 2.05) is 0 Å². The minimum Gasteiger partial charge on any atom is -0.755 e. The largest absolute Gasteiger partial charge is 0.755 e. The van der Waals surface area contributed by atoms with E-state index < -0.39 is 17.2 Å². The van der Waals surface area contributed by atoms with Crippen molar-refractivity contribution < 1.29 is 18.7 Å². The molecule has 0 aliphatic carbocycles. The highest BCUT2D eigenvalue weighted by atomic mass is 79.9. The van der Waals surface area contributed by atoms with Crippen molar-refractivity contribution in [1.29, 1.82) is 0 Å². The van der Waals surface area contributed by atoms with Gasteiger partial charge in [0.1, 0.15) is 5.52 Å². The number of halogens is 1. The van der Waals surface area contributed by atoms with E-state index in [2.05, 4.69) is 25.9 Å². The molecule has 3 rings (SSSR count). The number of benzene rings is 2. The third-order valence-corrected chi connectivity index (χ3v) is 4.44. The number of anilines is 2. The van der Waals surface area contributed by atoms with Crippen LogP contribution < -0.4 is 4.31 Å². The van der Waals surface area contributed by atoms with E-state index in [9.17, 15) is 18.7 Å². The first-order valence-electron chi connectivity index (χ1n) is 6.61. The molecule has 0 radical (unpaired) electrons. The molecule has 1 N–H and O–H groups in total. The van der Waals surface area contributed by atoms with E-state index in [1.54, 1.807) is 18.2 Å². The van der Waals surface area contributed by atoms with Crippen molar-refractivity contribution in [2.24, 2.45) is 0 Å². The molecule has 0 aliphatic rings. The normalized spacial score (nSPS) is 12.1. The first-order chi connectivity index (χ1) is 11.5. The van der Waals surface area contributed by atoms with Crippen LogP contribution in [-0.4, -0.2) is 29.8 Å². The molecule has 1 unspecified atom stereocenters. The Labute approximate surface area is 147 Å². The van der Waals surface area contributed by atoms with Crippen LogP contribution >= 0.6 is 15.9 Å². The number of carbonyl (C=O) groups is 1. The first-order valence-corrected chi connectivity index (χ1v) is 8.43. The topological polar surface area (TPSA) is 106 Å². The molecule has 0 fully saturated rings. The van der Waals surface area contributed by atoms with Crippen LogP contribution in [0.4, 0.5) is 11.4 Å². The number of hydrogen-bond donors (Lipinski definition) is 1. The number of rotatable bonds is 4. The number of carboxylic acid groups (broad SMARTS) is 1. The lowest BCUT2D eigenvalue weighted by molar-refractivity contribution is 0.0698. The summed E-state index contributed by atoms with van der Waals surface area (Å²) >= 11 is 0.472. The van der Waals surface area contributed by atoms with Crippen molar-refractivity contribution in [2.75, 3.05) is 4.31 Å². The number of para-hydroxylation sites is 1. The van der Waals surface area contributed by atoms with E-state index >= 15 is 0 Å². The van der Waals surface area contributed by atoms with Gasteiger partial charge in [-0.1, -0.05) is 22.0 Å². The van der Waals surface area contributed by atoms with Gasteiger partial charge in [0.2, 0.25) is 0 Å². The van der Waals surface area contributed by atoms with Crippen molar-refractivity contribution in [3.63, 3.8) is 0 Å². The van der Waals surface area contributed by atoms with Gasteiger partial charge in [-0.25, -0.2) is 4.79 Å². The third-order valence-electron chi connectivity index (χ3n) is 3.25. The summed E-state index contributed by atoms with van der Waals surface area (Å²) in [6.45, 7) is 0. The molecule has 0 saturated heterocycles. The Kier molecular flexibility index (Phi) is 4.56. The van der Waals surface area contributed by atoms with Gasteiger partial charge in [0, 0.05) is 16.9 Å². The van der Waals surface area contributed by atoms with E-state index in [0.29, 0.717) is 15.5 Å². The van der Waals surface area contributed by atoms with Crippen LogP contribution in [0, 0.1) is 0 Å². The van der Waals surface area contributed by atoms with Crippen molar-refractivity contribution in [2.45, 2.75) is 0 Å². The molecule has 0 amide bonds. The van der Waals surface area contributed by atoms with Crippen LogP contribution in [0.3, 0.4) is 0 Å². The van der Waals surface area contributed by atoms with Crippen molar-refractivity contribution in [3.8, 4) is 0 Å². The van der Waals surface area contributed by atoms with Gasteiger partial charge >= 0.3 is 5.97 Å². The Morgan fingerprint density at radius 2 is 1.92 bits per heavy atom.